The lowest BCUT2D eigenvalue weighted by molar-refractivity contribution is 0.601. The zero-order valence-electron chi connectivity index (χ0n) is 10.5. The molecule has 0 aliphatic rings. The van der Waals surface area contributed by atoms with Crippen molar-refractivity contribution in [3.63, 3.8) is 0 Å². The molecular weight excluding hydrogens is 378 g/mol. The number of aromatic amines is 1. The molecular formula is C13H9BrClN3O2S. The van der Waals surface area contributed by atoms with Crippen molar-refractivity contribution in [2.75, 3.05) is 4.72 Å². The van der Waals surface area contributed by atoms with E-state index in [0.29, 0.717) is 15.2 Å². The van der Waals surface area contributed by atoms with Crippen LogP contribution in [0.5, 0.6) is 0 Å². The lowest BCUT2D eigenvalue weighted by Gasteiger charge is -2.09. The van der Waals surface area contributed by atoms with Crippen LogP contribution in [-0.2, 0) is 10.0 Å². The van der Waals surface area contributed by atoms with Gasteiger partial charge in [0, 0.05) is 9.86 Å². The van der Waals surface area contributed by atoms with Gasteiger partial charge in [0.2, 0.25) is 0 Å². The summed E-state index contributed by atoms with van der Waals surface area (Å²) in [5.74, 6) is 0. The fraction of sp³-hybridized carbons (Fsp3) is 0. The first kappa shape index (κ1) is 14.4. The van der Waals surface area contributed by atoms with E-state index in [0.717, 1.165) is 10.9 Å². The molecule has 0 spiro atoms. The third-order valence-electron chi connectivity index (χ3n) is 2.90. The molecule has 0 bridgehead atoms. The molecule has 1 aromatic heterocycles. The van der Waals surface area contributed by atoms with Gasteiger partial charge in [-0.2, -0.15) is 5.10 Å². The summed E-state index contributed by atoms with van der Waals surface area (Å²) in [4.78, 5) is 0.128. The number of hydrogen-bond donors (Lipinski definition) is 2. The topological polar surface area (TPSA) is 74.8 Å². The van der Waals surface area contributed by atoms with Gasteiger partial charge in [0.15, 0.2) is 0 Å². The minimum atomic E-state index is -3.68. The van der Waals surface area contributed by atoms with Crippen molar-refractivity contribution in [1.29, 1.82) is 0 Å². The fourth-order valence-corrected chi connectivity index (χ4v) is 3.58. The highest BCUT2D eigenvalue weighted by atomic mass is 79.9. The Morgan fingerprint density at radius 1 is 1.19 bits per heavy atom. The Hall–Kier alpha value is -1.57. The first-order chi connectivity index (χ1) is 9.95. The number of fused-ring (bicyclic) bond motifs is 1. The standard InChI is InChI=1S/C13H9BrClN3O2S/c14-11-6-10(3-4-12(11)15)21(19,20)18-9-2-1-8-7-16-17-13(8)5-9/h1-7,18H,(H,16,17). The van der Waals surface area contributed by atoms with E-state index >= 15 is 0 Å². The largest absolute Gasteiger partial charge is 0.280 e. The minimum absolute atomic E-state index is 0.128. The second-order valence-corrected chi connectivity index (χ2v) is 7.30. The van der Waals surface area contributed by atoms with Crippen molar-refractivity contribution in [3.8, 4) is 0 Å². The highest BCUT2D eigenvalue weighted by molar-refractivity contribution is 9.10. The molecule has 0 saturated heterocycles. The number of sulfonamides is 1. The molecule has 0 aliphatic heterocycles. The third kappa shape index (κ3) is 2.90. The van der Waals surface area contributed by atoms with Crippen molar-refractivity contribution in [1.82, 2.24) is 10.2 Å². The molecule has 8 heteroatoms. The van der Waals surface area contributed by atoms with Crippen LogP contribution in [0.25, 0.3) is 10.9 Å². The van der Waals surface area contributed by atoms with E-state index in [1.165, 1.54) is 18.2 Å². The summed E-state index contributed by atoms with van der Waals surface area (Å²) in [5, 5.41) is 8.05. The Morgan fingerprint density at radius 2 is 2.00 bits per heavy atom. The molecule has 3 rings (SSSR count). The zero-order valence-corrected chi connectivity index (χ0v) is 13.6. The Morgan fingerprint density at radius 3 is 2.76 bits per heavy atom. The quantitative estimate of drug-likeness (QED) is 0.719. The first-order valence-corrected chi connectivity index (χ1v) is 8.52. The Kier molecular flexibility index (Phi) is 3.64. The van der Waals surface area contributed by atoms with E-state index in [-0.39, 0.29) is 4.90 Å². The van der Waals surface area contributed by atoms with Crippen LogP contribution in [0.15, 0.2) is 52.0 Å². The molecule has 0 saturated carbocycles. The fourth-order valence-electron chi connectivity index (χ4n) is 1.86. The number of nitrogens with one attached hydrogen (secondary N) is 2. The van der Waals surface area contributed by atoms with Crippen LogP contribution in [0.1, 0.15) is 0 Å². The van der Waals surface area contributed by atoms with Gasteiger partial charge in [0.1, 0.15) is 0 Å². The van der Waals surface area contributed by atoms with Crippen LogP contribution >= 0.6 is 27.5 Å². The molecule has 21 heavy (non-hydrogen) atoms. The number of anilines is 1. The number of H-pyrrole nitrogens is 1. The Labute approximate surface area is 134 Å². The molecule has 1 heterocycles. The number of nitrogens with zero attached hydrogens (tertiary/aromatic N) is 1. The maximum absolute atomic E-state index is 12.3. The van der Waals surface area contributed by atoms with Crippen molar-refractivity contribution in [2.24, 2.45) is 0 Å². The number of halogens is 2. The van der Waals surface area contributed by atoms with Crippen molar-refractivity contribution >= 4 is 54.1 Å². The minimum Gasteiger partial charge on any atom is -0.280 e. The molecule has 0 fully saturated rings. The van der Waals surface area contributed by atoms with Crippen LogP contribution in [-0.4, -0.2) is 18.6 Å². The summed E-state index contributed by atoms with van der Waals surface area (Å²) < 4.78 is 27.7. The molecule has 3 aromatic rings. The van der Waals surface area contributed by atoms with Crippen LogP contribution in [0.4, 0.5) is 5.69 Å². The second-order valence-electron chi connectivity index (χ2n) is 4.35. The molecule has 2 aromatic carbocycles. The van der Waals surface area contributed by atoms with E-state index < -0.39 is 10.0 Å². The van der Waals surface area contributed by atoms with Gasteiger partial charge < -0.3 is 0 Å². The van der Waals surface area contributed by atoms with Crippen LogP contribution < -0.4 is 4.72 Å². The van der Waals surface area contributed by atoms with Gasteiger partial charge >= 0.3 is 0 Å². The lowest BCUT2D eigenvalue weighted by Crippen LogP contribution is -2.12. The maximum Gasteiger partial charge on any atom is 0.261 e. The number of hydrogen-bond acceptors (Lipinski definition) is 3. The summed E-state index contributed by atoms with van der Waals surface area (Å²) >= 11 is 9.08. The summed E-state index contributed by atoms with van der Waals surface area (Å²) in [6.45, 7) is 0. The van der Waals surface area contributed by atoms with Crippen molar-refractivity contribution in [2.45, 2.75) is 4.90 Å². The van der Waals surface area contributed by atoms with Crippen molar-refractivity contribution < 1.29 is 8.42 Å². The highest BCUT2D eigenvalue weighted by Crippen LogP contribution is 2.27. The first-order valence-electron chi connectivity index (χ1n) is 5.87. The van der Waals surface area contributed by atoms with E-state index in [1.807, 2.05) is 0 Å². The molecule has 108 valence electrons. The SMILES string of the molecule is O=S(=O)(Nc1ccc2cn[nH]c2c1)c1ccc(Cl)c(Br)c1. The van der Waals surface area contributed by atoms with E-state index in [9.17, 15) is 8.42 Å². The summed E-state index contributed by atoms with van der Waals surface area (Å²) in [6.07, 6.45) is 1.67. The van der Waals surface area contributed by atoms with Crippen LogP contribution in [0.3, 0.4) is 0 Å². The van der Waals surface area contributed by atoms with Gasteiger partial charge in [-0.05, 0) is 52.3 Å². The zero-order chi connectivity index (χ0) is 15.0. The van der Waals surface area contributed by atoms with E-state index in [4.69, 9.17) is 11.6 Å². The molecule has 2 N–H and O–H groups in total. The summed E-state index contributed by atoms with van der Waals surface area (Å²) in [5.41, 5.74) is 1.21. The van der Waals surface area contributed by atoms with Gasteiger partial charge in [-0.15, -0.1) is 0 Å². The van der Waals surface area contributed by atoms with Crippen LogP contribution in [0, 0.1) is 0 Å². The predicted octanol–water partition coefficient (Wildman–Crippen LogP) is 3.78. The second kappa shape index (κ2) is 5.32. The predicted molar refractivity (Wildman–Crippen MR) is 86.1 cm³/mol. The van der Waals surface area contributed by atoms with E-state index in [2.05, 4.69) is 30.8 Å². The van der Waals surface area contributed by atoms with Crippen LogP contribution in [0.2, 0.25) is 5.02 Å². The van der Waals surface area contributed by atoms with Gasteiger partial charge in [-0.3, -0.25) is 9.82 Å². The normalized spacial score (nSPS) is 11.7. The molecule has 0 atom stereocenters. The smallest absolute Gasteiger partial charge is 0.261 e. The lowest BCUT2D eigenvalue weighted by atomic mass is 10.2. The number of aromatic nitrogens is 2. The van der Waals surface area contributed by atoms with Gasteiger partial charge in [-0.1, -0.05) is 11.6 Å². The molecule has 0 amide bonds. The summed E-state index contributed by atoms with van der Waals surface area (Å²) in [7, 11) is -3.68. The molecule has 0 unspecified atom stereocenters. The molecule has 0 radical (unpaired) electrons. The Balaban J connectivity index is 1.96. The average Bonchev–Trinajstić information content (AvgIpc) is 2.88. The van der Waals surface area contributed by atoms with Crippen molar-refractivity contribution in [3.05, 3.63) is 52.1 Å². The monoisotopic (exact) mass is 385 g/mol. The van der Waals surface area contributed by atoms with Gasteiger partial charge in [0.05, 0.1) is 27.3 Å². The van der Waals surface area contributed by atoms with E-state index in [1.54, 1.807) is 24.4 Å². The van der Waals surface area contributed by atoms with Gasteiger partial charge in [0.25, 0.3) is 10.0 Å². The highest BCUT2D eigenvalue weighted by Gasteiger charge is 2.15. The molecule has 0 aliphatic carbocycles. The average molecular weight is 387 g/mol. The third-order valence-corrected chi connectivity index (χ3v) is 5.49. The molecule has 5 nitrogen and oxygen atoms in total. The number of benzene rings is 2. The van der Waals surface area contributed by atoms with Gasteiger partial charge in [-0.25, -0.2) is 8.42 Å². The number of rotatable bonds is 3. The maximum atomic E-state index is 12.3. The Bertz CT molecular complexity index is 924. The summed E-state index contributed by atoms with van der Waals surface area (Å²) in [6, 6.07) is 9.58.